The van der Waals surface area contributed by atoms with Gasteiger partial charge in [0.1, 0.15) is 18.2 Å². The third kappa shape index (κ3) is 3.77. The van der Waals surface area contributed by atoms with Crippen LogP contribution in [-0.4, -0.2) is 57.7 Å². The molecular formula is C22H30N6O4. The number of nitrogens with one attached hydrogen (secondary N) is 1. The van der Waals surface area contributed by atoms with E-state index in [9.17, 15) is 4.79 Å². The number of aromatic nitrogens is 3. The number of pyridine rings is 1. The Morgan fingerprint density at radius 2 is 2.06 bits per heavy atom. The standard InChI is InChI=1S/C22H30N6O4/c1-2-27-21-15(12-25-27)19(26-14-6-9-30-10-7-14)16(11-24-21)22-28(17(13-32-22)20(23)29)18-5-3-4-8-31-18/h11-14,18,22H,2-10H2,1H3,(H2,23,29)(H,24,26). The van der Waals surface area contributed by atoms with E-state index in [2.05, 4.69) is 10.4 Å². The largest absolute Gasteiger partial charge is 0.471 e. The molecule has 3 aliphatic rings. The molecule has 2 aromatic rings. The van der Waals surface area contributed by atoms with Crippen molar-refractivity contribution >= 4 is 22.6 Å². The van der Waals surface area contributed by atoms with Crippen molar-refractivity contribution in [3.05, 3.63) is 29.9 Å². The Hall–Kier alpha value is -2.85. The number of rotatable bonds is 6. The fourth-order valence-electron chi connectivity index (χ4n) is 4.71. The maximum Gasteiger partial charge on any atom is 0.268 e. The first-order valence-electron chi connectivity index (χ1n) is 11.4. The highest BCUT2D eigenvalue weighted by Crippen LogP contribution is 2.41. The van der Waals surface area contributed by atoms with Crippen LogP contribution in [0.2, 0.25) is 0 Å². The Labute approximate surface area is 186 Å². The van der Waals surface area contributed by atoms with E-state index in [4.69, 9.17) is 24.9 Å². The quantitative estimate of drug-likeness (QED) is 0.700. The number of aryl methyl sites for hydroxylation is 1. The van der Waals surface area contributed by atoms with Crippen LogP contribution in [0.3, 0.4) is 0 Å². The summed E-state index contributed by atoms with van der Waals surface area (Å²) in [6.07, 6.45) is 8.92. The number of nitrogens with zero attached hydrogens (tertiary/aromatic N) is 4. The van der Waals surface area contributed by atoms with Crippen LogP contribution in [0.5, 0.6) is 0 Å². The lowest BCUT2D eigenvalue weighted by atomic mass is 10.0. The molecule has 0 radical (unpaired) electrons. The molecule has 32 heavy (non-hydrogen) atoms. The maximum absolute atomic E-state index is 12.2. The van der Waals surface area contributed by atoms with E-state index in [1.807, 2.05) is 28.9 Å². The van der Waals surface area contributed by atoms with E-state index in [0.717, 1.165) is 74.1 Å². The topological polar surface area (TPSA) is 117 Å². The third-order valence-electron chi connectivity index (χ3n) is 6.39. The van der Waals surface area contributed by atoms with Crippen molar-refractivity contribution in [1.29, 1.82) is 0 Å². The first kappa shape index (κ1) is 21.0. The summed E-state index contributed by atoms with van der Waals surface area (Å²) >= 11 is 0. The number of amides is 1. The smallest absolute Gasteiger partial charge is 0.268 e. The molecule has 0 aliphatic carbocycles. The lowest BCUT2D eigenvalue weighted by molar-refractivity contribution is -0.132. The van der Waals surface area contributed by atoms with Crippen molar-refractivity contribution < 1.29 is 19.0 Å². The number of carbonyl (C=O) groups is 1. The summed E-state index contributed by atoms with van der Waals surface area (Å²) in [5.41, 5.74) is 8.58. The van der Waals surface area contributed by atoms with Crippen LogP contribution in [-0.2, 0) is 25.5 Å². The molecule has 2 saturated heterocycles. The Morgan fingerprint density at radius 1 is 1.22 bits per heavy atom. The molecule has 2 atom stereocenters. The van der Waals surface area contributed by atoms with Crippen molar-refractivity contribution in [3.63, 3.8) is 0 Å². The summed E-state index contributed by atoms with van der Waals surface area (Å²) in [7, 11) is 0. The minimum atomic E-state index is -0.565. The van der Waals surface area contributed by atoms with Crippen LogP contribution in [0.25, 0.3) is 11.0 Å². The van der Waals surface area contributed by atoms with E-state index < -0.39 is 12.1 Å². The number of hydrogen-bond acceptors (Lipinski definition) is 8. The second kappa shape index (κ2) is 8.95. The summed E-state index contributed by atoms with van der Waals surface area (Å²) in [4.78, 5) is 18.8. The molecule has 0 bridgehead atoms. The molecule has 2 unspecified atom stereocenters. The molecular weight excluding hydrogens is 412 g/mol. The van der Waals surface area contributed by atoms with Gasteiger partial charge < -0.3 is 25.3 Å². The van der Waals surface area contributed by atoms with Gasteiger partial charge in [-0.05, 0) is 39.0 Å². The number of carbonyl (C=O) groups excluding carboxylic acids is 1. The lowest BCUT2D eigenvalue weighted by Gasteiger charge is -2.37. The first-order valence-corrected chi connectivity index (χ1v) is 11.4. The van der Waals surface area contributed by atoms with Crippen LogP contribution in [0.1, 0.15) is 50.8 Å². The molecule has 172 valence electrons. The van der Waals surface area contributed by atoms with Crippen molar-refractivity contribution in [3.8, 4) is 0 Å². The number of nitrogens with two attached hydrogens (primary N) is 1. The van der Waals surface area contributed by atoms with E-state index in [1.165, 1.54) is 6.26 Å². The predicted octanol–water partition coefficient (Wildman–Crippen LogP) is 2.23. The van der Waals surface area contributed by atoms with Crippen LogP contribution in [0, 0.1) is 0 Å². The van der Waals surface area contributed by atoms with E-state index in [1.54, 1.807) is 0 Å². The van der Waals surface area contributed by atoms with Gasteiger partial charge in [0.15, 0.2) is 5.65 Å². The molecule has 3 aliphatic heterocycles. The van der Waals surface area contributed by atoms with Crippen molar-refractivity contribution in [2.75, 3.05) is 25.1 Å². The molecule has 0 spiro atoms. The fraction of sp³-hybridized carbons (Fsp3) is 0.591. The van der Waals surface area contributed by atoms with Crippen LogP contribution < -0.4 is 11.1 Å². The zero-order valence-electron chi connectivity index (χ0n) is 18.3. The Morgan fingerprint density at radius 3 is 2.78 bits per heavy atom. The van der Waals surface area contributed by atoms with Crippen molar-refractivity contribution in [2.24, 2.45) is 5.73 Å². The number of ether oxygens (including phenoxy) is 3. The van der Waals surface area contributed by atoms with E-state index in [-0.39, 0.29) is 12.3 Å². The Kier molecular flexibility index (Phi) is 5.88. The normalized spacial score (nSPS) is 24.4. The van der Waals surface area contributed by atoms with Crippen LogP contribution in [0.15, 0.2) is 24.4 Å². The van der Waals surface area contributed by atoms with Gasteiger partial charge in [-0.1, -0.05) is 0 Å². The van der Waals surface area contributed by atoms with Gasteiger partial charge in [-0.3, -0.25) is 9.69 Å². The van der Waals surface area contributed by atoms with Crippen molar-refractivity contribution in [2.45, 2.75) is 64.1 Å². The van der Waals surface area contributed by atoms with Gasteiger partial charge in [-0.2, -0.15) is 5.10 Å². The van der Waals surface area contributed by atoms with Crippen LogP contribution >= 0.6 is 0 Å². The monoisotopic (exact) mass is 442 g/mol. The van der Waals surface area contributed by atoms with Gasteiger partial charge in [0.2, 0.25) is 6.23 Å². The maximum atomic E-state index is 12.2. The number of anilines is 1. The molecule has 0 aromatic carbocycles. The van der Waals surface area contributed by atoms with Crippen molar-refractivity contribution in [1.82, 2.24) is 19.7 Å². The summed E-state index contributed by atoms with van der Waals surface area (Å²) in [5, 5.41) is 9.15. The zero-order valence-corrected chi connectivity index (χ0v) is 18.3. The van der Waals surface area contributed by atoms with Gasteiger partial charge >= 0.3 is 0 Å². The SMILES string of the molecule is CCn1ncc2c(NC3CCOCC3)c(C3OC=C(C(N)=O)N3C3CCCCO3)cnc21. The second-order valence-corrected chi connectivity index (χ2v) is 8.40. The zero-order chi connectivity index (χ0) is 22.1. The van der Waals surface area contributed by atoms with E-state index in [0.29, 0.717) is 12.3 Å². The predicted molar refractivity (Wildman–Crippen MR) is 117 cm³/mol. The van der Waals surface area contributed by atoms with Gasteiger partial charge in [0.05, 0.1) is 22.8 Å². The molecule has 10 nitrogen and oxygen atoms in total. The van der Waals surface area contributed by atoms with Gasteiger partial charge in [-0.25, -0.2) is 9.67 Å². The molecule has 0 saturated carbocycles. The first-order chi connectivity index (χ1) is 15.7. The average Bonchev–Trinajstić information content (AvgIpc) is 3.45. The minimum Gasteiger partial charge on any atom is -0.471 e. The van der Waals surface area contributed by atoms with Gasteiger partial charge in [0.25, 0.3) is 5.91 Å². The lowest BCUT2D eigenvalue weighted by Crippen LogP contribution is -2.42. The molecule has 1 amide bonds. The van der Waals surface area contributed by atoms with Crippen LogP contribution in [0.4, 0.5) is 5.69 Å². The van der Waals surface area contributed by atoms with Gasteiger partial charge in [0, 0.05) is 38.6 Å². The third-order valence-corrected chi connectivity index (χ3v) is 6.39. The Bertz CT molecular complexity index is 1010. The second-order valence-electron chi connectivity index (χ2n) is 8.40. The average molecular weight is 443 g/mol. The molecule has 5 rings (SSSR count). The van der Waals surface area contributed by atoms with E-state index >= 15 is 0 Å². The highest BCUT2D eigenvalue weighted by molar-refractivity contribution is 5.93. The molecule has 10 heteroatoms. The molecule has 2 fully saturated rings. The molecule has 2 aromatic heterocycles. The number of hydrogen-bond donors (Lipinski definition) is 2. The number of primary amides is 1. The summed E-state index contributed by atoms with van der Waals surface area (Å²) in [6.45, 7) is 4.87. The highest BCUT2D eigenvalue weighted by atomic mass is 16.5. The van der Waals surface area contributed by atoms with Gasteiger partial charge in [-0.15, -0.1) is 0 Å². The summed E-state index contributed by atoms with van der Waals surface area (Å²) in [6, 6.07) is 0.266. The summed E-state index contributed by atoms with van der Waals surface area (Å²) in [5.74, 6) is -0.534. The number of fused-ring (bicyclic) bond motifs is 1. The molecule has 5 heterocycles. The summed E-state index contributed by atoms with van der Waals surface area (Å²) < 4.78 is 19.5. The molecule has 3 N–H and O–H groups in total. The minimum absolute atomic E-state index is 0.266. The highest BCUT2D eigenvalue weighted by Gasteiger charge is 2.40. The Balaban J connectivity index is 1.57. The fourth-order valence-corrected chi connectivity index (χ4v) is 4.71.